The van der Waals surface area contributed by atoms with Crippen LogP contribution in [0.4, 0.5) is 5.69 Å². The summed E-state index contributed by atoms with van der Waals surface area (Å²) in [7, 11) is 0. The Labute approximate surface area is 312 Å². The van der Waals surface area contributed by atoms with Crippen molar-refractivity contribution >= 4 is 23.5 Å². The van der Waals surface area contributed by atoms with Gasteiger partial charge in [-0.25, -0.2) is 4.79 Å². The van der Waals surface area contributed by atoms with Gasteiger partial charge in [-0.1, -0.05) is 51.5 Å². The lowest BCUT2D eigenvalue weighted by atomic mass is 9.34. The zero-order valence-corrected chi connectivity index (χ0v) is 31.9. The average Bonchev–Trinajstić information content (AvgIpc) is 3.10. The smallest absolute Gasteiger partial charge is 0.347 e. The number of nitrogens with one attached hydrogen (secondary N) is 1. The number of allylic oxidation sites excluding steroid dienone is 2. The summed E-state index contributed by atoms with van der Waals surface area (Å²) in [6, 6.07) is 14.3. The van der Waals surface area contributed by atoms with Crippen molar-refractivity contribution in [3.63, 3.8) is 0 Å². The lowest BCUT2D eigenvalue weighted by molar-refractivity contribution is -0.177. The van der Waals surface area contributed by atoms with E-state index in [4.69, 9.17) is 4.74 Å². The van der Waals surface area contributed by atoms with Crippen molar-refractivity contribution in [2.45, 2.75) is 105 Å². The topological polar surface area (TPSA) is 153 Å². The van der Waals surface area contributed by atoms with E-state index in [1.165, 1.54) is 30.2 Å². The monoisotopic (exact) mass is 723 g/mol. The second-order valence-corrected chi connectivity index (χ2v) is 17.2. The maximum Gasteiger partial charge on any atom is 0.347 e. The third-order valence-electron chi connectivity index (χ3n) is 14.1. The first-order valence-electron chi connectivity index (χ1n) is 18.7. The Bertz CT molecular complexity index is 2000. The van der Waals surface area contributed by atoms with Gasteiger partial charge in [0.15, 0.2) is 11.5 Å². The molecule has 53 heavy (non-hydrogen) atoms. The largest absolute Gasteiger partial charge is 0.507 e. The number of carbonyl (C=O) groups is 3. The van der Waals surface area contributed by atoms with Gasteiger partial charge in [-0.15, -0.1) is 0 Å². The highest BCUT2D eigenvalue weighted by Gasteiger charge is 2.67. The van der Waals surface area contributed by atoms with Crippen molar-refractivity contribution in [1.29, 1.82) is 0 Å². The summed E-state index contributed by atoms with van der Waals surface area (Å²) < 4.78 is 5.13. The minimum Gasteiger partial charge on any atom is -0.507 e. The number of esters is 1. The highest BCUT2D eigenvalue weighted by atomic mass is 16.5. The summed E-state index contributed by atoms with van der Waals surface area (Å²) in [6.45, 7) is 14.9. The molecule has 4 aliphatic rings. The third-order valence-corrected chi connectivity index (χ3v) is 14.1. The van der Waals surface area contributed by atoms with Crippen LogP contribution < -0.4 is 10.1 Å². The van der Waals surface area contributed by atoms with Crippen molar-refractivity contribution in [3.05, 3.63) is 88.5 Å². The highest BCUT2D eigenvalue weighted by molar-refractivity contribution is 5.94. The number of benzene rings is 3. The Kier molecular flexibility index (Phi) is 9.49. The van der Waals surface area contributed by atoms with Gasteiger partial charge < -0.3 is 30.5 Å². The molecule has 6 unspecified atom stereocenters. The third kappa shape index (κ3) is 6.25. The lowest BCUT2D eigenvalue weighted by Gasteiger charge is -2.69. The number of aliphatic carboxylic acids is 1. The van der Waals surface area contributed by atoms with Gasteiger partial charge in [-0.05, 0) is 147 Å². The number of carboxylic acid groups (broad SMARTS) is 1. The Hall–Kier alpha value is -4.79. The van der Waals surface area contributed by atoms with E-state index in [2.05, 4.69) is 39.1 Å². The van der Waals surface area contributed by atoms with Gasteiger partial charge in [-0.2, -0.15) is 0 Å². The predicted molar refractivity (Wildman–Crippen MR) is 203 cm³/mol. The van der Waals surface area contributed by atoms with Crippen molar-refractivity contribution in [2.75, 3.05) is 5.32 Å². The van der Waals surface area contributed by atoms with E-state index in [1.54, 1.807) is 36.4 Å². The number of anilines is 1. The molecule has 1 amide bonds. The van der Waals surface area contributed by atoms with Crippen LogP contribution >= 0.6 is 0 Å². The Morgan fingerprint density at radius 3 is 2.13 bits per heavy atom. The van der Waals surface area contributed by atoms with Gasteiger partial charge in [0.1, 0.15) is 17.1 Å². The summed E-state index contributed by atoms with van der Waals surface area (Å²) in [5.41, 5.74) is 4.71. The molecule has 0 radical (unpaired) electrons. The predicted octanol–water partition coefficient (Wildman–Crippen LogP) is 9.21. The summed E-state index contributed by atoms with van der Waals surface area (Å²) in [4.78, 5) is 35.0. The number of ether oxygens (including phenoxy) is 1. The quantitative estimate of drug-likeness (QED) is 0.0773. The molecule has 4 aliphatic carbocycles. The van der Waals surface area contributed by atoms with Crippen LogP contribution in [0.1, 0.15) is 114 Å². The zero-order valence-electron chi connectivity index (χ0n) is 31.9. The SMILES string of the molecule is CC(=O)Nc1ccc(OC(=O)c2ccccc2O)cc1.Cc1c(O)c(O)cc2c1CC=C1C2(C)CCC2(C)C3CC(C)(C(=O)O)CCC3(C)CCC12C. The number of carboxylic acids is 1. The fourth-order valence-electron chi connectivity index (χ4n) is 10.5. The number of hydrogen-bond donors (Lipinski definition) is 5. The lowest BCUT2D eigenvalue weighted by Crippen LogP contribution is -2.62. The zero-order chi connectivity index (χ0) is 38.7. The minimum atomic E-state index is -0.643. The molecule has 6 atom stereocenters. The molecule has 0 aliphatic heterocycles. The molecule has 0 saturated heterocycles. The molecule has 0 heterocycles. The van der Waals surface area contributed by atoms with Crippen LogP contribution in [0.15, 0.2) is 66.2 Å². The van der Waals surface area contributed by atoms with Gasteiger partial charge in [0.2, 0.25) is 5.91 Å². The van der Waals surface area contributed by atoms with Crippen LogP contribution in [0, 0.1) is 34.5 Å². The first-order valence-corrected chi connectivity index (χ1v) is 18.7. The Balaban J connectivity index is 0.000000206. The summed E-state index contributed by atoms with van der Waals surface area (Å²) >= 11 is 0. The van der Waals surface area contributed by atoms with Gasteiger partial charge in [-0.3, -0.25) is 9.59 Å². The standard InChI is InChI=1S/C29H40O4.C15H13NO4/c1-17-18-7-8-21-27(4,19(18)15-20(30)23(17)31)12-14-29(6)22-16-26(3,24(32)33)10-9-25(22,2)11-13-28(21,29)5;1-10(17)16-11-6-8-12(9-7-11)20-15(19)13-4-2-3-5-14(13)18/h8,15,22,30-31H,7,9-14,16H2,1-6H3,(H,32,33);2-9,18H,1H3,(H,16,17). The summed E-state index contributed by atoms with van der Waals surface area (Å²) in [5.74, 6) is -0.908. The molecule has 3 saturated carbocycles. The van der Waals surface area contributed by atoms with Crippen LogP contribution in [0.25, 0.3) is 0 Å². The van der Waals surface area contributed by atoms with E-state index in [0.29, 0.717) is 17.4 Å². The summed E-state index contributed by atoms with van der Waals surface area (Å²) in [5, 5.41) is 43.1. The summed E-state index contributed by atoms with van der Waals surface area (Å²) in [6.07, 6.45) is 10.0. The second kappa shape index (κ2) is 13.3. The van der Waals surface area contributed by atoms with E-state index in [1.807, 2.05) is 19.9 Å². The molecule has 282 valence electrons. The minimum absolute atomic E-state index is 0.00431. The molecule has 3 aromatic rings. The number of phenols is 3. The number of phenolic OH excluding ortho intramolecular Hbond substituents is 3. The van der Waals surface area contributed by atoms with E-state index >= 15 is 0 Å². The molecule has 9 nitrogen and oxygen atoms in total. The number of amides is 1. The van der Waals surface area contributed by atoms with E-state index < -0.39 is 17.4 Å². The van der Waals surface area contributed by atoms with Gasteiger partial charge in [0, 0.05) is 18.0 Å². The normalized spacial score (nSPS) is 31.2. The first kappa shape index (κ1) is 38.0. The Morgan fingerprint density at radius 1 is 0.830 bits per heavy atom. The molecular formula is C44H53NO8. The number of carbonyl (C=O) groups excluding carboxylic acids is 2. The van der Waals surface area contributed by atoms with Gasteiger partial charge >= 0.3 is 11.9 Å². The molecule has 9 heteroatoms. The number of fused-ring (bicyclic) bond motifs is 7. The van der Waals surface area contributed by atoms with E-state index in [0.717, 1.165) is 62.5 Å². The van der Waals surface area contributed by atoms with Gasteiger partial charge in [0.25, 0.3) is 0 Å². The average molecular weight is 724 g/mol. The maximum absolute atomic E-state index is 12.3. The Morgan fingerprint density at radius 2 is 1.49 bits per heavy atom. The molecule has 0 aromatic heterocycles. The molecule has 0 bridgehead atoms. The molecule has 3 aromatic carbocycles. The number of aromatic hydroxyl groups is 3. The maximum atomic E-state index is 12.3. The van der Waals surface area contributed by atoms with Crippen molar-refractivity contribution < 1.29 is 39.5 Å². The van der Waals surface area contributed by atoms with Crippen LogP contribution in [0.3, 0.4) is 0 Å². The van der Waals surface area contributed by atoms with Crippen LogP contribution in [-0.4, -0.2) is 38.3 Å². The van der Waals surface area contributed by atoms with E-state index in [9.17, 15) is 34.8 Å². The van der Waals surface area contributed by atoms with Crippen molar-refractivity contribution in [2.24, 2.45) is 27.6 Å². The molecule has 7 rings (SSSR count). The van der Waals surface area contributed by atoms with Gasteiger partial charge in [0.05, 0.1) is 5.41 Å². The molecule has 5 N–H and O–H groups in total. The van der Waals surface area contributed by atoms with Crippen LogP contribution in [0.2, 0.25) is 0 Å². The molecular weight excluding hydrogens is 670 g/mol. The second-order valence-electron chi connectivity index (χ2n) is 17.2. The fourth-order valence-corrected chi connectivity index (χ4v) is 10.5. The van der Waals surface area contributed by atoms with Crippen molar-refractivity contribution in [1.82, 2.24) is 0 Å². The van der Waals surface area contributed by atoms with E-state index in [-0.39, 0.29) is 50.4 Å². The first-order chi connectivity index (χ1) is 24.8. The van der Waals surface area contributed by atoms with Crippen LogP contribution in [-0.2, 0) is 21.4 Å². The molecule has 0 spiro atoms. The number of hydrogen-bond acceptors (Lipinski definition) is 7. The molecule has 3 fully saturated rings. The number of rotatable bonds is 4. The van der Waals surface area contributed by atoms with Crippen molar-refractivity contribution in [3.8, 4) is 23.0 Å². The highest BCUT2D eigenvalue weighted by Crippen LogP contribution is 2.74. The fraction of sp³-hybridized carbons (Fsp3) is 0.477. The van der Waals surface area contributed by atoms with Crippen LogP contribution in [0.5, 0.6) is 23.0 Å². The number of para-hydroxylation sites is 1.